The molecule has 0 heterocycles. The van der Waals surface area contributed by atoms with Crippen LogP contribution in [-0.4, -0.2) is 42.6 Å². The van der Waals surface area contributed by atoms with E-state index in [9.17, 15) is 22.8 Å². The predicted molar refractivity (Wildman–Crippen MR) is 61.3 cm³/mol. The van der Waals surface area contributed by atoms with Crippen molar-refractivity contribution >= 4 is 11.9 Å². The molecule has 0 aromatic rings. The molecular formula is C12H18F3NO3. The van der Waals surface area contributed by atoms with Gasteiger partial charge in [0, 0.05) is 7.05 Å². The van der Waals surface area contributed by atoms with E-state index < -0.39 is 30.0 Å². The molecule has 1 amide bonds. The second-order valence-corrected chi connectivity index (χ2v) is 4.83. The Morgan fingerprint density at radius 2 is 1.74 bits per heavy atom. The summed E-state index contributed by atoms with van der Waals surface area (Å²) in [5, 5.41) is 0. The summed E-state index contributed by atoms with van der Waals surface area (Å²) in [6.07, 6.45) is -3.14. The average Bonchev–Trinajstić information content (AvgIpc) is 2.35. The van der Waals surface area contributed by atoms with E-state index in [1.54, 1.807) is 0 Å². The van der Waals surface area contributed by atoms with Gasteiger partial charge in [-0.3, -0.25) is 4.79 Å². The Kier molecular flexibility index (Phi) is 4.81. The second kappa shape index (κ2) is 5.79. The number of carbonyl (C=O) groups is 2. The topological polar surface area (TPSA) is 46.6 Å². The van der Waals surface area contributed by atoms with Gasteiger partial charge in [0.25, 0.3) is 0 Å². The number of esters is 1. The highest BCUT2D eigenvalue weighted by molar-refractivity contribution is 5.88. The molecule has 4 nitrogen and oxygen atoms in total. The standard InChI is InChI=1S/C12H18F3NO3/c1-16(9(17)8-12(13,14)15)11(10(18)19-2)6-4-3-5-7-11/h3-8H2,1-2H3. The molecule has 0 aromatic heterocycles. The van der Waals surface area contributed by atoms with Crippen LogP contribution in [0.5, 0.6) is 0 Å². The summed E-state index contributed by atoms with van der Waals surface area (Å²) in [6, 6.07) is 0. The Morgan fingerprint density at radius 1 is 1.21 bits per heavy atom. The molecule has 0 saturated heterocycles. The van der Waals surface area contributed by atoms with Crippen molar-refractivity contribution in [2.24, 2.45) is 0 Å². The summed E-state index contributed by atoms with van der Waals surface area (Å²) >= 11 is 0. The van der Waals surface area contributed by atoms with Crippen molar-refractivity contribution in [2.45, 2.75) is 50.2 Å². The molecule has 1 fully saturated rings. The lowest BCUT2D eigenvalue weighted by atomic mass is 9.80. The fraction of sp³-hybridized carbons (Fsp3) is 0.833. The van der Waals surface area contributed by atoms with Gasteiger partial charge < -0.3 is 9.64 Å². The third-order valence-corrected chi connectivity index (χ3v) is 3.61. The van der Waals surface area contributed by atoms with E-state index in [2.05, 4.69) is 4.74 Å². The first-order chi connectivity index (χ1) is 8.73. The Bertz CT molecular complexity index is 349. The van der Waals surface area contributed by atoms with Crippen LogP contribution in [0.2, 0.25) is 0 Å². The van der Waals surface area contributed by atoms with Gasteiger partial charge in [-0.1, -0.05) is 19.3 Å². The largest absolute Gasteiger partial charge is 0.467 e. The number of methoxy groups -OCH3 is 1. The lowest BCUT2D eigenvalue weighted by Crippen LogP contribution is -2.57. The molecule has 0 atom stereocenters. The van der Waals surface area contributed by atoms with Crippen LogP contribution in [0.4, 0.5) is 13.2 Å². The van der Waals surface area contributed by atoms with Crippen LogP contribution in [0.3, 0.4) is 0 Å². The zero-order valence-electron chi connectivity index (χ0n) is 11.0. The number of likely N-dealkylation sites (N-methyl/N-ethyl adjacent to an activating group) is 1. The van der Waals surface area contributed by atoms with Gasteiger partial charge in [-0.05, 0) is 12.8 Å². The van der Waals surface area contributed by atoms with Gasteiger partial charge in [0.2, 0.25) is 5.91 Å². The van der Waals surface area contributed by atoms with Gasteiger partial charge in [-0.15, -0.1) is 0 Å². The summed E-state index contributed by atoms with van der Waals surface area (Å²) in [5.74, 6) is -1.73. The molecule has 1 rings (SSSR count). The van der Waals surface area contributed by atoms with E-state index in [-0.39, 0.29) is 0 Å². The molecule has 19 heavy (non-hydrogen) atoms. The highest BCUT2D eigenvalue weighted by atomic mass is 19.4. The zero-order chi connectivity index (χ0) is 14.7. The third-order valence-electron chi connectivity index (χ3n) is 3.61. The lowest BCUT2D eigenvalue weighted by Gasteiger charge is -2.42. The summed E-state index contributed by atoms with van der Waals surface area (Å²) in [5.41, 5.74) is -1.24. The molecule has 0 unspecified atom stereocenters. The normalized spacial score (nSPS) is 18.8. The van der Waals surface area contributed by atoms with E-state index in [1.165, 1.54) is 14.2 Å². The van der Waals surface area contributed by atoms with Crippen LogP contribution in [0.25, 0.3) is 0 Å². The molecule has 0 N–H and O–H groups in total. The van der Waals surface area contributed by atoms with Crippen molar-refractivity contribution in [3.05, 3.63) is 0 Å². The van der Waals surface area contributed by atoms with E-state index in [4.69, 9.17) is 0 Å². The molecule has 7 heteroatoms. The second-order valence-electron chi connectivity index (χ2n) is 4.83. The number of alkyl halides is 3. The van der Waals surface area contributed by atoms with Crippen molar-refractivity contribution in [1.82, 2.24) is 4.90 Å². The number of amides is 1. The van der Waals surface area contributed by atoms with Gasteiger partial charge >= 0.3 is 12.1 Å². The number of nitrogens with zero attached hydrogens (tertiary/aromatic N) is 1. The highest BCUT2D eigenvalue weighted by Gasteiger charge is 2.47. The number of ether oxygens (including phenoxy) is 1. The van der Waals surface area contributed by atoms with Crippen LogP contribution in [-0.2, 0) is 14.3 Å². The molecular weight excluding hydrogens is 263 g/mol. The minimum atomic E-state index is -4.57. The van der Waals surface area contributed by atoms with Crippen LogP contribution in [0.15, 0.2) is 0 Å². The Morgan fingerprint density at radius 3 is 2.16 bits per heavy atom. The molecule has 0 aliphatic heterocycles. The van der Waals surface area contributed by atoms with E-state index in [1.807, 2.05) is 0 Å². The Hall–Kier alpha value is -1.27. The van der Waals surface area contributed by atoms with Gasteiger partial charge in [0.15, 0.2) is 0 Å². The monoisotopic (exact) mass is 281 g/mol. The number of halogens is 3. The maximum Gasteiger partial charge on any atom is 0.397 e. The molecule has 110 valence electrons. The van der Waals surface area contributed by atoms with Crippen molar-refractivity contribution < 1.29 is 27.5 Å². The number of carbonyl (C=O) groups excluding carboxylic acids is 2. The quantitative estimate of drug-likeness (QED) is 0.746. The van der Waals surface area contributed by atoms with Gasteiger partial charge in [0.1, 0.15) is 12.0 Å². The number of hydrogen-bond acceptors (Lipinski definition) is 3. The van der Waals surface area contributed by atoms with E-state index in [0.29, 0.717) is 25.7 Å². The predicted octanol–water partition coefficient (Wildman–Crippen LogP) is 2.27. The molecule has 1 aliphatic rings. The van der Waals surface area contributed by atoms with Gasteiger partial charge in [0.05, 0.1) is 7.11 Å². The Balaban J connectivity index is 2.91. The zero-order valence-corrected chi connectivity index (χ0v) is 11.0. The maximum absolute atomic E-state index is 12.3. The van der Waals surface area contributed by atoms with Crippen LogP contribution in [0.1, 0.15) is 38.5 Å². The molecule has 1 saturated carbocycles. The maximum atomic E-state index is 12.3. The summed E-state index contributed by atoms with van der Waals surface area (Å²) in [7, 11) is 2.43. The number of hydrogen-bond donors (Lipinski definition) is 0. The van der Waals surface area contributed by atoms with Gasteiger partial charge in [-0.25, -0.2) is 4.79 Å². The smallest absolute Gasteiger partial charge is 0.397 e. The van der Waals surface area contributed by atoms with Crippen LogP contribution in [0, 0.1) is 0 Å². The molecule has 1 aliphatic carbocycles. The SMILES string of the molecule is COC(=O)C1(N(C)C(=O)CC(F)(F)F)CCCCC1. The highest BCUT2D eigenvalue weighted by Crippen LogP contribution is 2.35. The van der Waals surface area contributed by atoms with Crippen molar-refractivity contribution in [2.75, 3.05) is 14.2 Å². The first-order valence-electron chi connectivity index (χ1n) is 6.15. The summed E-state index contributed by atoms with van der Waals surface area (Å²) in [6.45, 7) is 0. The lowest BCUT2D eigenvalue weighted by molar-refractivity contribution is -0.174. The first kappa shape index (κ1) is 15.8. The summed E-state index contributed by atoms with van der Waals surface area (Å²) < 4.78 is 41.5. The first-order valence-corrected chi connectivity index (χ1v) is 6.15. The summed E-state index contributed by atoms with van der Waals surface area (Å²) in [4.78, 5) is 24.5. The molecule has 0 bridgehead atoms. The van der Waals surface area contributed by atoms with E-state index in [0.717, 1.165) is 11.3 Å². The van der Waals surface area contributed by atoms with Crippen LogP contribution >= 0.6 is 0 Å². The number of rotatable bonds is 3. The fourth-order valence-corrected chi connectivity index (χ4v) is 2.53. The molecule has 0 aromatic carbocycles. The fourth-order valence-electron chi connectivity index (χ4n) is 2.53. The van der Waals surface area contributed by atoms with E-state index >= 15 is 0 Å². The van der Waals surface area contributed by atoms with Crippen LogP contribution < -0.4 is 0 Å². The van der Waals surface area contributed by atoms with Crippen molar-refractivity contribution in [3.63, 3.8) is 0 Å². The van der Waals surface area contributed by atoms with Crippen molar-refractivity contribution in [3.8, 4) is 0 Å². The molecule has 0 radical (unpaired) electrons. The Labute approximate surface area is 109 Å². The third kappa shape index (κ3) is 3.61. The minimum absolute atomic E-state index is 0.347. The minimum Gasteiger partial charge on any atom is -0.467 e. The average molecular weight is 281 g/mol. The van der Waals surface area contributed by atoms with Gasteiger partial charge in [-0.2, -0.15) is 13.2 Å². The molecule has 0 spiro atoms. The van der Waals surface area contributed by atoms with Crippen molar-refractivity contribution in [1.29, 1.82) is 0 Å².